The van der Waals surface area contributed by atoms with E-state index in [0.717, 1.165) is 0 Å². The minimum atomic E-state index is -3.39. The van der Waals surface area contributed by atoms with Gasteiger partial charge in [-0.15, -0.1) is 0 Å². The summed E-state index contributed by atoms with van der Waals surface area (Å²) in [7, 11) is -0.581. The topological polar surface area (TPSA) is 81.7 Å². The van der Waals surface area contributed by atoms with Crippen LogP contribution in [0.1, 0.15) is 26.7 Å². The fourth-order valence-corrected chi connectivity index (χ4v) is 2.78. The summed E-state index contributed by atoms with van der Waals surface area (Å²) in [5.41, 5.74) is 0. The van der Waals surface area contributed by atoms with E-state index >= 15 is 0 Å². The van der Waals surface area contributed by atoms with Crippen LogP contribution >= 0.6 is 0 Å². The Morgan fingerprint density at radius 1 is 1.28 bits per heavy atom. The fraction of sp³-hybridized carbons (Fsp3) is 0.909. The van der Waals surface area contributed by atoms with Crippen molar-refractivity contribution in [2.75, 3.05) is 26.6 Å². The first-order chi connectivity index (χ1) is 8.32. The molecular weight excluding hydrogens is 258 g/mol. The first kappa shape index (κ1) is 17.3. The van der Waals surface area contributed by atoms with E-state index in [9.17, 15) is 13.2 Å². The molecule has 0 aromatic rings. The minimum Gasteiger partial charge on any atom is -0.469 e. The molecule has 6 nitrogen and oxygen atoms in total. The Kier molecular flexibility index (Phi) is 8.13. The average Bonchev–Trinajstić information content (AvgIpc) is 2.27. The Bertz CT molecular complexity index is 339. The van der Waals surface area contributed by atoms with Gasteiger partial charge in [-0.1, -0.05) is 13.8 Å². The first-order valence-corrected chi connectivity index (χ1v) is 7.53. The molecule has 0 bridgehead atoms. The monoisotopic (exact) mass is 281 g/mol. The largest absolute Gasteiger partial charge is 0.469 e. The number of hydrogen-bond acceptors (Lipinski definition) is 5. The molecule has 0 aromatic heterocycles. The van der Waals surface area contributed by atoms with Crippen LogP contribution in [0.25, 0.3) is 0 Å². The lowest BCUT2D eigenvalue weighted by molar-refractivity contribution is -0.140. The Morgan fingerprint density at radius 2 is 1.89 bits per heavy atom. The number of methoxy groups -OCH3 is 2. The van der Waals surface area contributed by atoms with Crippen LogP contribution in [0.15, 0.2) is 0 Å². The van der Waals surface area contributed by atoms with Crippen LogP contribution in [-0.2, 0) is 24.3 Å². The Balaban J connectivity index is 4.23. The summed E-state index contributed by atoms with van der Waals surface area (Å²) in [5.74, 6) is -0.350. The second-order valence-electron chi connectivity index (χ2n) is 4.42. The van der Waals surface area contributed by atoms with E-state index in [-0.39, 0.29) is 30.6 Å². The smallest absolute Gasteiger partial charge is 0.305 e. The van der Waals surface area contributed by atoms with Crippen molar-refractivity contribution in [3.8, 4) is 0 Å². The van der Waals surface area contributed by atoms with Crippen molar-refractivity contribution < 1.29 is 22.7 Å². The van der Waals surface area contributed by atoms with E-state index in [2.05, 4.69) is 9.46 Å². The van der Waals surface area contributed by atoms with Gasteiger partial charge in [0.1, 0.15) is 0 Å². The van der Waals surface area contributed by atoms with Crippen LogP contribution in [0, 0.1) is 5.92 Å². The number of esters is 1. The molecular formula is C11H23NO5S. The van der Waals surface area contributed by atoms with Crippen LogP contribution in [-0.4, -0.2) is 47.0 Å². The molecule has 0 spiro atoms. The molecule has 0 fully saturated rings. The molecule has 1 atom stereocenters. The molecule has 0 aliphatic rings. The predicted molar refractivity (Wildman–Crippen MR) is 68.7 cm³/mol. The van der Waals surface area contributed by atoms with Gasteiger partial charge in [-0.25, -0.2) is 13.1 Å². The standard InChI is InChI=1S/C11H23NO5S/c1-9(2)10(8-16-3)12-18(14,15)7-5-6-11(13)17-4/h9-10,12H,5-8H2,1-4H3. The van der Waals surface area contributed by atoms with E-state index < -0.39 is 16.0 Å². The van der Waals surface area contributed by atoms with Gasteiger partial charge < -0.3 is 9.47 Å². The Hall–Kier alpha value is -0.660. The van der Waals surface area contributed by atoms with E-state index in [1.807, 2.05) is 13.8 Å². The van der Waals surface area contributed by atoms with E-state index in [0.29, 0.717) is 6.61 Å². The molecule has 0 radical (unpaired) electrons. The van der Waals surface area contributed by atoms with Crippen LogP contribution in [0.2, 0.25) is 0 Å². The van der Waals surface area contributed by atoms with Crippen molar-refractivity contribution in [2.24, 2.45) is 5.92 Å². The molecule has 0 rings (SSSR count). The van der Waals surface area contributed by atoms with Crippen molar-refractivity contribution in [1.82, 2.24) is 4.72 Å². The number of rotatable bonds is 9. The molecule has 18 heavy (non-hydrogen) atoms. The van der Waals surface area contributed by atoms with E-state index in [4.69, 9.17) is 4.74 Å². The zero-order valence-corrected chi connectivity index (χ0v) is 12.2. The van der Waals surface area contributed by atoms with Gasteiger partial charge >= 0.3 is 5.97 Å². The Labute approximate surface area is 109 Å². The third-order valence-corrected chi connectivity index (χ3v) is 3.99. The molecule has 108 valence electrons. The van der Waals surface area contributed by atoms with Crippen molar-refractivity contribution in [3.05, 3.63) is 0 Å². The molecule has 7 heteroatoms. The zero-order chi connectivity index (χ0) is 14.2. The number of carbonyl (C=O) groups is 1. The quantitative estimate of drug-likeness (QED) is 0.623. The molecule has 0 aromatic carbocycles. The minimum absolute atomic E-state index is 0.0883. The second-order valence-corrected chi connectivity index (χ2v) is 6.30. The maximum Gasteiger partial charge on any atom is 0.305 e. The summed E-state index contributed by atoms with van der Waals surface area (Å²) in [6.07, 6.45) is 0.355. The second kappa shape index (κ2) is 8.44. The molecule has 1 unspecified atom stereocenters. The molecule has 0 amide bonds. The molecule has 0 saturated carbocycles. The van der Waals surface area contributed by atoms with Gasteiger partial charge in [-0.3, -0.25) is 4.79 Å². The first-order valence-electron chi connectivity index (χ1n) is 5.88. The predicted octanol–water partition coefficient (Wildman–Crippen LogP) is 0.530. The highest BCUT2D eigenvalue weighted by Crippen LogP contribution is 2.05. The SMILES string of the molecule is COCC(NS(=O)(=O)CCCC(=O)OC)C(C)C. The summed E-state index contributed by atoms with van der Waals surface area (Å²) >= 11 is 0. The fourth-order valence-electron chi connectivity index (χ4n) is 1.34. The van der Waals surface area contributed by atoms with Crippen LogP contribution < -0.4 is 4.72 Å². The third-order valence-electron chi connectivity index (χ3n) is 2.50. The van der Waals surface area contributed by atoms with E-state index in [1.54, 1.807) is 0 Å². The number of ether oxygens (including phenoxy) is 2. The van der Waals surface area contributed by atoms with E-state index in [1.165, 1.54) is 14.2 Å². The van der Waals surface area contributed by atoms with Gasteiger partial charge in [-0.05, 0) is 12.3 Å². The lowest BCUT2D eigenvalue weighted by Crippen LogP contribution is -2.42. The normalized spacial score (nSPS) is 13.6. The van der Waals surface area contributed by atoms with Gasteiger partial charge in [0.2, 0.25) is 10.0 Å². The van der Waals surface area contributed by atoms with Gasteiger partial charge in [0.15, 0.2) is 0 Å². The molecule has 0 saturated heterocycles. The van der Waals surface area contributed by atoms with Gasteiger partial charge in [0, 0.05) is 19.6 Å². The van der Waals surface area contributed by atoms with Crippen molar-refractivity contribution in [3.63, 3.8) is 0 Å². The molecule has 0 aliphatic carbocycles. The Morgan fingerprint density at radius 3 is 2.33 bits per heavy atom. The maximum atomic E-state index is 11.8. The third kappa shape index (κ3) is 7.62. The van der Waals surface area contributed by atoms with Crippen molar-refractivity contribution in [2.45, 2.75) is 32.7 Å². The zero-order valence-electron chi connectivity index (χ0n) is 11.4. The summed E-state index contributed by atoms with van der Waals surface area (Å²) in [5, 5.41) is 0. The highest BCUT2D eigenvalue weighted by atomic mass is 32.2. The molecule has 0 heterocycles. The highest BCUT2D eigenvalue weighted by molar-refractivity contribution is 7.89. The average molecular weight is 281 g/mol. The number of carbonyl (C=O) groups excluding carboxylic acids is 1. The van der Waals surface area contributed by atoms with Crippen molar-refractivity contribution >= 4 is 16.0 Å². The maximum absolute atomic E-state index is 11.8. The van der Waals surface area contributed by atoms with Crippen LogP contribution in [0.5, 0.6) is 0 Å². The molecule has 1 N–H and O–H groups in total. The van der Waals surface area contributed by atoms with Crippen LogP contribution in [0.4, 0.5) is 0 Å². The number of sulfonamides is 1. The molecule has 0 aliphatic heterocycles. The van der Waals surface area contributed by atoms with Gasteiger partial charge in [0.25, 0.3) is 0 Å². The highest BCUT2D eigenvalue weighted by Gasteiger charge is 2.20. The van der Waals surface area contributed by atoms with Crippen LogP contribution in [0.3, 0.4) is 0 Å². The number of hydrogen-bond donors (Lipinski definition) is 1. The summed E-state index contributed by atoms with van der Waals surface area (Å²) < 4.78 is 35.5. The lowest BCUT2D eigenvalue weighted by Gasteiger charge is -2.21. The number of nitrogens with one attached hydrogen (secondary N) is 1. The van der Waals surface area contributed by atoms with Gasteiger partial charge in [0.05, 0.1) is 19.5 Å². The summed E-state index contributed by atoms with van der Waals surface area (Å²) in [4.78, 5) is 10.9. The summed E-state index contributed by atoms with van der Waals surface area (Å²) in [6, 6.07) is -0.252. The van der Waals surface area contributed by atoms with Gasteiger partial charge in [-0.2, -0.15) is 0 Å². The lowest BCUT2D eigenvalue weighted by atomic mass is 10.1. The summed E-state index contributed by atoms with van der Waals surface area (Å²) in [6.45, 7) is 4.16. The van der Waals surface area contributed by atoms with Crippen molar-refractivity contribution in [1.29, 1.82) is 0 Å².